The van der Waals surface area contributed by atoms with Crippen molar-refractivity contribution < 1.29 is 14.3 Å². The summed E-state index contributed by atoms with van der Waals surface area (Å²) in [5.41, 5.74) is 4.40. The molecule has 1 heterocycles. The second-order valence-electron chi connectivity index (χ2n) is 9.61. The lowest BCUT2D eigenvalue weighted by Crippen LogP contribution is -2.27. The first kappa shape index (κ1) is 27.3. The van der Waals surface area contributed by atoms with Crippen molar-refractivity contribution in [2.45, 2.75) is 53.5 Å². The number of rotatable bonds is 13. The van der Waals surface area contributed by atoms with Gasteiger partial charge in [0.25, 0.3) is 5.91 Å². The van der Waals surface area contributed by atoms with E-state index in [0.717, 1.165) is 53.4 Å². The van der Waals surface area contributed by atoms with E-state index >= 15 is 0 Å². The molecule has 0 saturated heterocycles. The zero-order chi connectivity index (χ0) is 26.1. The summed E-state index contributed by atoms with van der Waals surface area (Å²) in [5.74, 6) is 0.314. The lowest BCUT2D eigenvalue weighted by Gasteiger charge is -2.14. The molecule has 2 aromatic carbocycles. The van der Waals surface area contributed by atoms with E-state index in [-0.39, 0.29) is 17.6 Å². The third-order valence-electron chi connectivity index (χ3n) is 6.63. The van der Waals surface area contributed by atoms with Crippen molar-refractivity contribution in [1.29, 1.82) is 0 Å². The molecule has 6 heteroatoms. The molecule has 3 rings (SSSR count). The number of ketones is 1. The van der Waals surface area contributed by atoms with Crippen LogP contribution in [0.5, 0.6) is 0 Å². The highest BCUT2D eigenvalue weighted by molar-refractivity contribution is 6.00. The van der Waals surface area contributed by atoms with Crippen LogP contribution in [-0.4, -0.2) is 41.7 Å². The van der Waals surface area contributed by atoms with Crippen LogP contribution in [0.1, 0.15) is 65.0 Å². The molecule has 6 nitrogen and oxygen atoms in total. The SMILES string of the molecule is CCCC(C/C=C/C(C)C(=O)c1ccc(C)cc1)Cn1cc2c(C)c(C(=O)NCCOC)ccc2n1. The fourth-order valence-corrected chi connectivity index (χ4v) is 4.48. The van der Waals surface area contributed by atoms with Gasteiger partial charge in [-0.15, -0.1) is 0 Å². The number of nitrogens with zero attached hydrogens (tertiary/aromatic N) is 2. The van der Waals surface area contributed by atoms with Gasteiger partial charge in [-0.1, -0.05) is 62.2 Å². The van der Waals surface area contributed by atoms with Gasteiger partial charge in [-0.2, -0.15) is 5.10 Å². The minimum Gasteiger partial charge on any atom is -0.383 e. The molecule has 1 aromatic heterocycles. The summed E-state index contributed by atoms with van der Waals surface area (Å²) < 4.78 is 7.02. The van der Waals surface area contributed by atoms with Crippen LogP contribution in [-0.2, 0) is 11.3 Å². The predicted molar refractivity (Wildman–Crippen MR) is 146 cm³/mol. The van der Waals surface area contributed by atoms with Crippen molar-refractivity contribution in [2.75, 3.05) is 20.3 Å². The largest absolute Gasteiger partial charge is 0.383 e. The Kier molecular flexibility index (Phi) is 10.00. The van der Waals surface area contributed by atoms with Gasteiger partial charge in [-0.25, -0.2) is 0 Å². The Balaban J connectivity index is 1.66. The molecule has 0 bridgehead atoms. The van der Waals surface area contributed by atoms with Gasteiger partial charge in [0.15, 0.2) is 5.78 Å². The standard InChI is InChI=1S/C30H39N3O3/c1-6-8-24(10-7-9-22(3)29(34)25-13-11-21(2)12-14-25)19-33-20-27-23(4)26(15-16-28(27)32-33)30(35)31-17-18-36-5/h7,9,11-16,20,22,24H,6,8,10,17-19H2,1-5H3,(H,31,35)/b9-7+. The molecule has 3 aromatic rings. The molecule has 0 aliphatic heterocycles. The maximum absolute atomic E-state index is 12.7. The molecule has 2 atom stereocenters. The number of aromatic nitrogens is 2. The Morgan fingerprint density at radius 2 is 1.89 bits per heavy atom. The number of hydrogen-bond donors (Lipinski definition) is 1. The number of aryl methyl sites for hydroxylation is 2. The highest BCUT2D eigenvalue weighted by Gasteiger charge is 2.16. The first-order valence-corrected chi connectivity index (χ1v) is 12.9. The summed E-state index contributed by atoms with van der Waals surface area (Å²) in [6, 6.07) is 11.5. The van der Waals surface area contributed by atoms with E-state index < -0.39 is 0 Å². The van der Waals surface area contributed by atoms with Crippen LogP contribution in [0.15, 0.2) is 54.7 Å². The van der Waals surface area contributed by atoms with Gasteiger partial charge in [0, 0.05) is 48.8 Å². The lowest BCUT2D eigenvalue weighted by atomic mass is 9.95. The molecule has 36 heavy (non-hydrogen) atoms. The second kappa shape index (κ2) is 13.2. The van der Waals surface area contributed by atoms with E-state index in [1.807, 2.05) is 74.1 Å². The van der Waals surface area contributed by atoms with Crippen LogP contribution in [0.3, 0.4) is 0 Å². The molecular formula is C30H39N3O3. The number of amides is 1. The molecular weight excluding hydrogens is 450 g/mol. The highest BCUT2D eigenvalue weighted by Crippen LogP contribution is 2.23. The molecule has 0 aliphatic carbocycles. The van der Waals surface area contributed by atoms with Crippen LogP contribution >= 0.6 is 0 Å². The Labute approximate surface area is 214 Å². The van der Waals surface area contributed by atoms with E-state index in [4.69, 9.17) is 9.84 Å². The zero-order valence-electron chi connectivity index (χ0n) is 22.2. The van der Waals surface area contributed by atoms with Crippen molar-refractivity contribution in [2.24, 2.45) is 11.8 Å². The first-order valence-electron chi connectivity index (χ1n) is 12.9. The fourth-order valence-electron chi connectivity index (χ4n) is 4.48. The fraction of sp³-hybridized carbons (Fsp3) is 0.433. The van der Waals surface area contributed by atoms with Gasteiger partial charge >= 0.3 is 0 Å². The van der Waals surface area contributed by atoms with Crippen LogP contribution in [0.2, 0.25) is 0 Å². The molecule has 2 unspecified atom stereocenters. The van der Waals surface area contributed by atoms with Crippen LogP contribution in [0.25, 0.3) is 10.9 Å². The second-order valence-corrected chi connectivity index (χ2v) is 9.61. The van der Waals surface area contributed by atoms with E-state index in [2.05, 4.69) is 18.3 Å². The predicted octanol–water partition coefficient (Wildman–Crippen LogP) is 5.91. The lowest BCUT2D eigenvalue weighted by molar-refractivity contribution is 0.0933. The number of carbonyl (C=O) groups is 2. The summed E-state index contributed by atoms with van der Waals surface area (Å²) in [6.45, 7) is 9.90. The van der Waals surface area contributed by atoms with Crippen LogP contribution in [0, 0.1) is 25.7 Å². The maximum Gasteiger partial charge on any atom is 0.251 e. The van der Waals surface area contributed by atoms with Gasteiger partial charge in [0.2, 0.25) is 0 Å². The van der Waals surface area contributed by atoms with Gasteiger partial charge in [-0.05, 0) is 50.3 Å². The van der Waals surface area contributed by atoms with Gasteiger partial charge < -0.3 is 10.1 Å². The van der Waals surface area contributed by atoms with E-state index in [9.17, 15) is 9.59 Å². The minimum absolute atomic E-state index is 0.0949. The smallest absolute Gasteiger partial charge is 0.251 e. The normalized spacial score (nSPS) is 13.2. The summed E-state index contributed by atoms with van der Waals surface area (Å²) in [6.07, 6.45) is 9.28. The molecule has 0 saturated carbocycles. The quantitative estimate of drug-likeness (QED) is 0.184. The number of fused-ring (bicyclic) bond motifs is 1. The maximum atomic E-state index is 12.7. The summed E-state index contributed by atoms with van der Waals surface area (Å²) in [7, 11) is 1.62. The zero-order valence-corrected chi connectivity index (χ0v) is 22.2. The summed E-state index contributed by atoms with van der Waals surface area (Å²) in [4.78, 5) is 25.3. The number of methoxy groups -OCH3 is 1. The topological polar surface area (TPSA) is 73.2 Å². The molecule has 0 radical (unpaired) electrons. The van der Waals surface area contributed by atoms with Gasteiger partial charge in [0.05, 0.1) is 12.1 Å². The average Bonchev–Trinajstić information content (AvgIpc) is 3.28. The van der Waals surface area contributed by atoms with Crippen molar-refractivity contribution >= 4 is 22.6 Å². The Hall–Kier alpha value is -3.25. The molecule has 192 valence electrons. The Morgan fingerprint density at radius 1 is 1.14 bits per heavy atom. The minimum atomic E-state index is -0.154. The Morgan fingerprint density at radius 3 is 2.58 bits per heavy atom. The number of nitrogens with one attached hydrogen (secondary N) is 1. The van der Waals surface area contributed by atoms with Crippen molar-refractivity contribution in [1.82, 2.24) is 15.1 Å². The summed E-state index contributed by atoms with van der Waals surface area (Å²) >= 11 is 0. The van der Waals surface area contributed by atoms with Gasteiger partial charge in [-0.3, -0.25) is 14.3 Å². The number of Topliss-reactive ketones (excluding diaryl/α,β-unsaturated/α-hetero) is 1. The van der Waals surface area contributed by atoms with Gasteiger partial charge in [0.1, 0.15) is 0 Å². The van der Waals surface area contributed by atoms with E-state index in [1.165, 1.54) is 0 Å². The number of carbonyl (C=O) groups excluding carboxylic acids is 2. The van der Waals surface area contributed by atoms with Crippen LogP contribution < -0.4 is 5.32 Å². The molecule has 0 fully saturated rings. The van der Waals surface area contributed by atoms with Crippen molar-refractivity contribution in [3.8, 4) is 0 Å². The molecule has 1 amide bonds. The summed E-state index contributed by atoms with van der Waals surface area (Å²) in [5, 5.41) is 8.67. The molecule has 0 spiro atoms. The number of benzene rings is 2. The highest BCUT2D eigenvalue weighted by atomic mass is 16.5. The van der Waals surface area contributed by atoms with Crippen molar-refractivity contribution in [3.63, 3.8) is 0 Å². The Bertz CT molecular complexity index is 1190. The third-order valence-corrected chi connectivity index (χ3v) is 6.63. The number of allylic oxidation sites excluding steroid dienone is 2. The van der Waals surface area contributed by atoms with E-state index in [1.54, 1.807) is 7.11 Å². The van der Waals surface area contributed by atoms with Crippen LogP contribution in [0.4, 0.5) is 0 Å². The third kappa shape index (κ3) is 7.14. The number of hydrogen-bond acceptors (Lipinski definition) is 4. The van der Waals surface area contributed by atoms with Crippen molar-refractivity contribution in [3.05, 3.63) is 77.0 Å². The monoisotopic (exact) mass is 489 g/mol. The first-order chi connectivity index (χ1) is 17.3. The molecule has 1 N–H and O–H groups in total. The molecule has 0 aliphatic rings. The number of ether oxygens (including phenoxy) is 1. The average molecular weight is 490 g/mol. The van der Waals surface area contributed by atoms with E-state index in [0.29, 0.717) is 24.6 Å².